The number of hydrogen-bond donors (Lipinski definition) is 2. The summed E-state index contributed by atoms with van der Waals surface area (Å²) in [6, 6.07) is 0. The zero-order valence-electron chi connectivity index (χ0n) is 16.0. The molecule has 0 aliphatic heterocycles. The van der Waals surface area contributed by atoms with Gasteiger partial charge in [0.2, 0.25) is 11.8 Å². The molecule has 24 heavy (non-hydrogen) atoms. The van der Waals surface area contributed by atoms with Crippen LogP contribution in [0, 0.1) is 5.41 Å². The van der Waals surface area contributed by atoms with Gasteiger partial charge in [-0.25, -0.2) is 0 Å². The van der Waals surface area contributed by atoms with E-state index in [1.807, 2.05) is 41.5 Å². The molecule has 0 radical (unpaired) electrons. The van der Waals surface area contributed by atoms with Crippen LogP contribution < -0.4 is 10.6 Å². The lowest BCUT2D eigenvalue weighted by Gasteiger charge is -2.20. The van der Waals surface area contributed by atoms with Crippen LogP contribution in [-0.4, -0.2) is 63.5 Å². The van der Waals surface area contributed by atoms with Gasteiger partial charge in [0.1, 0.15) is 6.61 Å². The van der Waals surface area contributed by atoms with Crippen molar-refractivity contribution in [3.63, 3.8) is 0 Å². The fourth-order valence-electron chi connectivity index (χ4n) is 1.56. The summed E-state index contributed by atoms with van der Waals surface area (Å²) in [4.78, 5) is 23.1. The lowest BCUT2D eigenvalue weighted by molar-refractivity contribution is -0.129. The Morgan fingerprint density at radius 1 is 0.792 bits per heavy atom. The Morgan fingerprint density at radius 3 is 1.79 bits per heavy atom. The van der Waals surface area contributed by atoms with E-state index in [9.17, 15) is 9.59 Å². The standard InChI is InChI=1S/C17H34N2O5/c1-16(2,3)15(21)18-7-8-22-9-10-23-11-12-24-13-14(20)19-17(4,5)6/h7-13H2,1-6H3,(H,18,21)(H,19,20). The summed E-state index contributed by atoms with van der Waals surface area (Å²) in [6.07, 6.45) is 0. The van der Waals surface area contributed by atoms with Crippen molar-refractivity contribution in [2.45, 2.75) is 47.1 Å². The molecule has 0 saturated carbocycles. The highest BCUT2D eigenvalue weighted by molar-refractivity contribution is 5.81. The second kappa shape index (κ2) is 11.4. The molecule has 0 saturated heterocycles. The summed E-state index contributed by atoms with van der Waals surface area (Å²) in [5.74, 6) is -0.127. The first-order valence-electron chi connectivity index (χ1n) is 8.35. The summed E-state index contributed by atoms with van der Waals surface area (Å²) in [6.45, 7) is 14.0. The largest absolute Gasteiger partial charge is 0.377 e. The molecule has 0 rings (SSSR count). The van der Waals surface area contributed by atoms with Crippen molar-refractivity contribution in [1.29, 1.82) is 0 Å². The topological polar surface area (TPSA) is 85.9 Å². The van der Waals surface area contributed by atoms with Gasteiger partial charge in [-0.15, -0.1) is 0 Å². The van der Waals surface area contributed by atoms with Crippen LogP contribution in [0.2, 0.25) is 0 Å². The monoisotopic (exact) mass is 346 g/mol. The molecule has 0 heterocycles. The van der Waals surface area contributed by atoms with E-state index in [1.165, 1.54) is 0 Å². The van der Waals surface area contributed by atoms with Crippen molar-refractivity contribution >= 4 is 11.8 Å². The summed E-state index contributed by atoms with van der Waals surface area (Å²) >= 11 is 0. The molecule has 7 nitrogen and oxygen atoms in total. The van der Waals surface area contributed by atoms with E-state index in [1.54, 1.807) is 0 Å². The first-order valence-corrected chi connectivity index (χ1v) is 8.35. The Bertz CT molecular complexity index is 372. The molecule has 0 bridgehead atoms. The Kier molecular flexibility index (Phi) is 10.8. The molecule has 0 aromatic heterocycles. The Hall–Kier alpha value is -1.18. The number of hydrogen-bond acceptors (Lipinski definition) is 5. The van der Waals surface area contributed by atoms with Crippen LogP contribution in [0.3, 0.4) is 0 Å². The Balaban J connectivity index is 3.35. The molecular formula is C17H34N2O5. The Morgan fingerprint density at radius 2 is 1.29 bits per heavy atom. The molecule has 0 aromatic carbocycles. The third-order valence-corrected chi connectivity index (χ3v) is 2.70. The number of rotatable bonds is 11. The van der Waals surface area contributed by atoms with E-state index >= 15 is 0 Å². The molecule has 0 aliphatic rings. The fraction of sp³-hybridized carbons (Fsp3) is 0.882. The van der Waals surface area contributed by atoms with Crippen molar-refractivity contribution in [2.24, 2.45) is 5.41 Å². The maximum Gasteiger partial charge on any atom is 0.246 e. The van der Waals surface area contributed by atoms with Gasteiger partial charge in [-0.2, -0.15) is 0 Å². The van der Waals surface area contributed by atoms with Crippen molar-refractivity contribution < 1.29 is 23.8 Å². The highest BCUT2D eigenvalue weighted by atomic mass is 16.5. The van der Waals surface area contributed by atoms with Gasteiger partial charge in [-0.3, -0.25) is 9.59 Å². The quantitative estimate of drug-likeness (QED) is 0.548. The zero-order valence-corrected chi connectivity index (χ0v) is 16.0. The number of amides is 2. The average molecular weight is 346 g/mol. The van der Waals surface area contributed by atoms with Crippen LogP contribution in [-0.2, 0) is 23.8 Å². The van der Waals surface area contributed by atoms with Crippen LogP contribution in [0.5, 0.6) is 0 Å². The first-order chi connectivity index (χ1) is 11.0. The predicted molar refractivity (Wildman–Crippen MR) is 92.8 cm³/mol. The summed E-state index contributed by atoms with van der Waals surface area (Å²) in [5.41, 5.74) is -0.631. The zero-order chi connectivity index (χ0) is 18.6. The third kappa shape index (κ3) is 14.4. The minimum Gasteiger partial charge on any atom is -0.377 e. The Labute approximate surface area is 145 Å². The van der Waals surface area contributed by atoms with E-state index in [-0.39, 0.29) is 29.4 Å². The third-order valence-electron chi connectivity index (χ3n) is 2.70. The number of nitrogens with one attached hydrogen (secondary N) is 2. The van der Waals surface area contributed by atoms with Gasteiger partial charge >= 0.3 is 0 Å². The van der Waals surface area contributed by atoms with Crippen LogP contribution in [0.15, 0.2) is 0 Å². The van der Waals surface area contributed by atoms with Gasteiger partial charge < -0.3 is 24.8 Å². The molecule has 7 heteroatoms. The molecule has 0 fully saturated rings. The average Bonchev–Trinajstić information content (AvgIpc) is 2.41. The van der Waals surface area contributed by atoms with Crippen LogP contribution in [0.4, 0.5) is 0 Å². The number of ether oxygens (including phenoxy) is 3. The van der Waals surface area contributed by atoms with Crippen LogP contribution in [0.1, 0.15) is 41.5 Å². The van der Waals surface area contributed by atoms with E-state index in [0.29, 0.717) is 39.6 Å². The van der Waals surface area contributed by atoms with Gasteiger partial charge in [0.25, 0.3) is 0 Å². The molecule has 0 atom stereocenters. The molecule has 2 amide bonds. The minimum atomic E-state index is -0.382. The normalized spacial score (nSPS) is 12.1. The van der Waals surface area contributed by atoms with E-state index in [0.717, 1.165) is 0 Å². The first kappa shape index (κ1) is 22.8. The van der Waals surface area contributed by atoms with Gasteiger partial charge in [0.05, 0.1) is 33.0 Å². The molecule has 0 aliphatic carbocycles. The second-order valence-corrected chi connectivity index (χ2v) is 7.58. The van der Waals surface area contributed by atoms with Gasteiger partial charge in [0.15, 0.2) is 0 Å². The number of carbonyl (C=O) groups is 2. The van der Waals surface area contributed by atoms with Crippen LogP contribution >= 0.6 is 0 Å². The highest BCUT2D eigenvalue weighted by Crippen LogP contribution is 2.11. The number of carbonyl (C=O) groups excluding carboxylic acids is 2. The SMILES string of the molecule is CC(C)(C)NC(=O)COCCOCCOCCNC(=O)C(C)(C)C. The van der Waals surface area contributed by atoms with E-state index < -0.39 is 0 Å². The van der Waals surface area contributed by atoms with E-state index in [2.05, 4.69) is 10.6 Å². The van der Waals surface area contributed by atoms with Crippen molar-refractivity contribution in [1.82, 2.24) is 10.6 Å². The summed E-state index contributed by atoms with van der Waals surface area (Å²) in [7, 11) is 0. The summed E-state index contributed by atoms with van der Waals surface area (Å²) < 4.78 is 15.9. The smallest absolute Gasteiger partial charge is 0.246 e. The molecular weight excluding hydrogens is 312 g/mol. The van der Waals surface area contributed by atoms with E-state index in [4.69, 9.17) is 14.2 Å². The predicted octanol–water partition coefficient (Wildman–Crippen LogP) is 1.11. The minimum absolute atomic E-state index is 0.00926. The maximum absolute atomic E-state index is 11.6. The lowest BCUT2D eigenvalue weighted by Crippen LogP contribution is -2.42. The fourth-order valence-corrected chi connectivity index (χ4v) is 1.56. The molecule has 2 N–H and O–H groups in total. The van der Waals surface area contributed by atoms with Crippen molar-refractivity contribution in [3.05, 3.63) is 0 Å². The molecule has 0 unspecified atom stereocenters. The van der Waals surface area contributed by atoms with Crippen molar-refractivity contribution in [3.8, 4) is 0 Å². The molecule has 0 spiro atoms. The highest BCUT2D eigenvalue weighted by Gasteiger charge is 2.20. The molecule has 142 valence electrons. The molecule has 0 aromatic rings. The van der Waals surface area contributed by atoms with Crippen molar-refractivity contribution in [2.75, 3.05) is 46.2 Å². The lowest BCUT2D eigenvalue weighted by atomic mass is 9.96. The van der Waals surface area contributed by atoms with Gasteiger partial charge in [0, 0.05) is 17.5 Å². The second-order valence-electron chi connectivity index (χ2n) is 7.58. The van der Waals surface area contributed by atoms with Crippen LogP contribution in [0.25, 0.3) is 0 Å². The maximum atomic E-state index is 11.6. The summed E-state index contributed by atoms with van der Waals surface area (Å²) in [5, 5.41) is 5.62. The van der Waals surface area contributed by atoms with Gasteiger partial charge in [-0.1, -0.05) is 20.8 Å². The van der Waals surface area contributed by atoms with Gasteiger partial charge in [-0.05, 0) is 20.8 Å².